The number of aromatic amines is 1. The average molecular weight is 294 g/mol. The van der Waals surface area contributed by atoms with Gasteiger partial charge < -0.3 is 15.4 Å². The first-order chi connectivity index (χ1) is 9.47. The summed E-state index contributed by atoms with van der Waals surface area (Å²) in [6.07, 6.45) is 0. The van der Waals surface area contributed by atoms with Gasteiger partial charge in [0.05, 0.1) is 6.54 Å². The summed E-state index contributed by atoms with van der Waals surface area (Å²) in [5.41, 5.74) is 0.347. The third-order valence-corrected chi connectivity index (χ3v) is 3.01. The molecule has 0 spiro atoms. The second-order valence-electron chi connectivity index (χ2n) is 4.75. The van der Waals surface area contributed by atoms with Crippen molar-refractivity contribution >= 4 is 11.6 Å². The van der Waals surface area contributed by atoms with Crippen molar-refractivity contribution in [1.82, 2.24) is 15.3 Å². The lowest BCUT2D eigenvalue weighted by Gasteiger charge is -2.09. The number of rotatable bonds is 4. The average Bonchev–Trinajstić information content (AvgIpc) is 2.38. The highest BCUT2D eigenvalue weighted by atomic mass is 35.5. The van der Waals surface area contributed by atoms with Crippen LogP contribution in [0.2, 0.25) is 5.02 Å². The molecule has 20 heavy (non-hydrogen) atoms. The Morgan fingerprint density at radius 3 is 2.55 bits per heavy atom. The van der Waals surface area contributed by atoms with E-state index in [1.54, 1.807) is 24.3 Å². The molecule has 2 rings (SSSR count). The number of aromatic nitrogens is 2. The fourth-order valence-electron chi connectivity index (χ4n) is 1.77. The maximum absolute atomic E-state index is 12.1. The SMILES string of the molecule is CC(C)NCc1nc(O)c(-c2ccc(Cl)cc2)c(=O)[nH]1. The Morgan fingerprint density at radius 2 is 2.00 bits per heavy atom. The Balaban J connectivity index is 2.36. The van der Waals surface area contributed by atoms with E-state index in [0.717, 1.165) is 0 Å². The maximum Gasteiger partial charge on any atom is 0.262 e. The van der Waals surface area contributed by atoms with Gasteiger partial charge in [-0.2, -0.15) is 4.98 Å². The second kappa shape index (κ2) is 6.07. The summed E-state index contributed by atoms with van der Waals surface area (Å²) in [4.78, 5) is 18.7. The van der Waals surface area contributed by atoms with Crippen molar-refractivity contribution in [3.8, 4) is 17.0 Å². The van der Waals surface area contributed by atoms with Crippen LogP contribution < -0.4 is 10.9 Å². The minimum absolute atomic E-state index is 0.148. The summed E-state index contributed by atoms with van der Waals surface area (Å²) in [5.74, 6) is 0.121. The zero-order valence-electron chi connectivity index (χ0n) is 11.3. The van der Waals surface area contributed by atoms with Crippen LogP contribution in [0.5, 0.6) is 5.88 Å². The molecule has 0 aliphatic rings. The molecule has 5 nitrogen and oxygen atoms in total. The number of H-pyrrole nitrogens is 1. The van der Waals surface area contributed by atoms with Crippen LogP contribution in [0.4, 0.5) is 0 Å². The highest BCUT2D eigenvalue weighted by Gasteiger charge is 2.13. The van der Waals surface area contributed by atoms with Crippen LogP contribution >= 0.6 is 11.6 Å². The summed E-state index contributed by atoms with van der Waals surface area (Å²) in [7, 11) is 0. The molecule has 0 fully saturated rings. The van der Waals surface area contributed by atoms with Gasteiger partial charge in [-0.05, 0) is 17.7 Å². The van der Waals surface area contributed by atoms with E-state index < -0.39 is 0 Å². The van der Waals surface area contributed by atoms with E-state index in [9.17, 15) is 9.90 Å². The van der Waals surface area contributed by atoms with E-state index in [4.69, 9.17) is 11.6 Å². The summed E-state index contributed by atoms with van der Waals surface area (Å²) in [6.45, 7) is 4.36. The molecule has 6 heteroatoms. The fourth-order valence-corrected chi connectivity index (χ4v) is 1.89. The number of nitrogens with zero attached hydrogens (tertiary/aromatic N) is 1. The van der Waals surface area contributed by atoms with Gasteiger partial charge in [-0.3, -0.25) is 4.79 Å². The monoisotopic (exact) mass is 293 g/mol. The summed E-state index contributed by atoms with van der Waals surface area (Å²) >= 11 is 5.80. The van der Waals surface area contributed by atoms with E-state index in [-0.39, 0.29) is 23.0 Å². The Hall–Kier alpha value is -1.85. The van der Waals surface area contributed by atoms with Crippen molar-refractivity contribution in [3.63, 3.8) is 0 Å². The molecule has 3 N–H and O–H groups in total. The van der Waals surface area contributed by atoms with Crippen molar-refractivity contribution in [2.24, 2.45) is 0 Å². The normalized spacial score (nSPS) is 11.0. The highest BCUT2D eigenvalue weighted by Crippen LogP contribution is 2.24. The summed E-state index contributed by atoms with van der Waals surface area (Å²) in [6, 6.07) is 6.91. The van der Waals surface area contributed by atoms with Crippen LogP contribution in [0.1, 0.15) is 19.7 Å². The van der Waals surface area contributed by atoms with Crippen LogP contribution in [-0.4, -0.2) is 21.1 Å². The van der Waals surface area contributed by atoms with Crippen LogP contribution in [0, 0.1) is 0 Å². The Labute approximate surface area is 121 Å². The van der Waals surface area contributed by atoms with Gasteiger partial charge in [-0.15, -0.1) is 0 Å². The highest BCUT2D eigenvalue weighted by molar-refractivity contribution is 6.30. The van der Waals surface area contributed by atoms with Crippen LogP contribution in [0.3, 0.4) is 0 Å². The van der Waals surface area contributed by atoms with Crippen LogP contribution in [-0.2, 0) is 6.54 Å². The maximum atomic E-state index is 12.1. The molecule has 0 saturated heterocycles. The predicted molar refractivity (Wildman–Crippen MR) is 78.9 cm³/mol. The molecule has 0 amide bonds. The Kier molecular flexibility index (Phi) is 4.42. The van der Waals surface area contributed by atoms with Crippen molar-refractivity contribution in [2.75, 3.05) is 0 Å². The first-order valence-corrected chi connectivity index (χ1v) is 6.66. The van der Waals surface area contributed by atoms with Gasteiger partial charge in [-0.25, -0.2) is 0 Å². The van der Waals surface area contributed by atoms with Gasteiger partial charge in [0, 0.05) is 11.1 Å². The van der Waals surface area contributed by atoms with Gasteiger partial charge in [0.1, 0.15) is 11.4 Å². The standard InChI is InChI=1S/C14H16ClN3O2/c1-8(2)16-7-11-17-13(19)12(14(20)18-11)9-3-5-10(15)6-4-9/h3-6,8,16H,7H2,1-2H3,(H2,17,18,19,20). The quantitative estimate of drug-likeness (QED) is 0.808. The molecule has 1 aromatic carbocycles. The van der Waals surface area contributed by atoms with Crippen molar-refractivity contribution in [3.05, 3.63) is 45.5 Å². The van der Waals surface area contributed by atoms with Gasteiger partial charge >= 0.3 is 0 Å². The zero-order chi connectivity index (χ0) is 14.7. The molecule has 1 aromatic heterocycles. The van der Waals surface area contributed by atoms with Gasteiger partial charge in [-0.1, -0.05) is 37.6 Å². The van der Waals surface area contributed by atoms with Crippen molar-refractivity contribution < 1.29 is 5.11 Å². The van der Waals surface area contributed by atoms with E-state index in [1.807, 2.05) is 13.8 Å². The Bertz CT molecular complexity index is 650. The molecule has 0 radical (unpaired) electrons. The predicted octanol–water partition coefficient (Wildman–Crippen LogP) is 2.29. The topological polar surface area (TPSA) is 78.0 Å². The van der Waals surface area contributed by atoms with E-state index in [1.165, 1.54) is 0 Å². The molecule has 0 saturated carbocycles. The number of halogens is 1. The summed E-state index contributed by atoms with van der Waals surface area (Å²) < 4.78 is 0. The molecule has 1 heterocycles. The molecule has 0 aliphatic carbocycles. The summed E-state index contributed by atoms with van der Waals surface area (Å²) in [5, 5.41) is 13.7. The third-order valence-electron chi connectivity index (χ3n) is 2.76. The molecule has 106 valence electrons. The fraction of sp³-hybridized carbons (Fsp3) is 0.286. The first-order valence-electron chi connectivity index (χ1n) is 6.29. The van der Waals surface area contributed by atoms with Gasteiger partial charge in [0.2, 0.25) is 5.88 Å². The lowest BCUT2D eigenvalue weighted by Crippen LogP contribution is -2.25. The zero-order valence-corrected chi connectivity index (χ0v) is 12.0. The molecule has 2 aromatic rings. The van der Waals surface area contributed by atoms with Crippen LogP contribution in [0.15, 0.2) is 29.1 Å². The van der Waals surface area contributed by atoms with E-state index in [2.05, 4.69) is 15.3 Å². The molecule has 0 bridgehead atoms. The Morgan fingerprint density at radius 1 is 1.35 bits per heavy atom. The third kappa shape index (κ3) is 3.37. The van der Waals surface area contributed by atoms with Crippen molar-refractivity contribution in [1.29, 1.82) is 0 Å². The molecule has 0 atom stereocenters. The molecule has 0 unspecified atom stereocenters. The van der Waals surface area contributed by atoms with Crippen molar-refractivity contribution in [2.45, 2.75) is 26.4 Å². The largest absolute Gasteiger partial charge is 0.493 e. The minimum Gasteiger partial charge on any atom is -0.493 e. The number of nitrogens with one attached hydrogen (secondary N) is 2. The first kappa shape index (κ1) is 14.6. The molecular formula is C14H16ClN3O2. The van der Waals surface area contributed by atoms with Crippen LogP contribution in [0.25, 0.3) is 11.1 Å². The molecule has 0 aliphatic heterocycles. The number of aromatic hydroxyl groups is 1. The number of benzene rings is 1. The van der Waals surface area contributed by atoms with Gasteiger partial charge in [0.15, 0.2) is 0 Å². The number of hydrogen-bond donors (Lipinski definition) is 3. The second-order valence-corrected chi connectivity index (χ2v) is 5.19. The van der Waals surface area contributed by atoms with E-state index >= 15 is 0 Å². The smallest absolute Gasteiger partial charge is 0.262 e. The lowest BCUT2D eigenvalue weighted by atomic mass is 10.1. The van der Waals surface area contributed by atoms with Gasteiger partial charge in [0.25, 0.3) is 5.56 Å². The van der Waals surface area contributed by atoms with E-state index in [0.29, 0.717) is 23.0 Å². The minimum atomic E-state index is -0.375. The number of hydrogen-bond acceptors (Lipinski definition) is 4. The molecular weight excluding hydrogens is 278 g/mol. The lowest BCUT2D eigenvalue weighted by molar-refractivity contribution is 0.446.